The van der Waals surface area contributed by atoms with Crippen LogP contribution in [0.2, 0.25) is 0 Å². The predicted octanol–water partition coefficient (Wildman–Crippen LogP) is 3.88. The summed E-state index contributed by atoms with van der Waals surface area (Å²) >= 11 is 0. The van der Waals surface area contributed by atoms with Gasteiger partial charge in [-0.15, -0.1) is 0 Å². The fourth-order valence-corrected chi connectivity index (χ4v) is 3.05. The third-order valence-electron chi connectivity index (χ3n) is 4.16. The predicted molar refractivity (Wildman–Crippen MR) is 62.7 cm³/mol. The molecule has 1 nitrogen and oxygen atoms in total. The first kappa shape index (κ1) is 10.9. The highest BCUT2D eigenvalue weighted by Gasteiger charge is 2.27. The standard InChI is InChI=1S/C14H22O/c1-2-11-7-9-12(10-8-11)13-5-3-4-6-14(13)15/h5,11-12H,2-4,6-10H2,1H3/t11-,12-. The Morgan fingerprint density at radius 3 is 2.60 bits per heavy atom. The van der Waals surface area contributed by atoms with E-state index in [2.05, 4.69) is 13.0 Å². The Hall–Kier alpha value is -0.590. The summed E-state index contributed by atoms with van der Waals surface area (Å²) in [5.41, 5.74) is 1.19. The molecule has 84 valence electrons. The topological polar surface area (TPSA) is 17.1 Å². The normalized spacial score (nSPS) is 32.6. The van der Waals surface area contributed by atoms with Crippen molar-refractivity contribution in [3.05, 3.63) is 11.6 Å². The van der Waals surface area contributed by atoms with E-state index < -0.39 is 0 Å². The van der Waals surface area contributed by atoms with Crippen LogP contribution < -0.4 is 0 Å². The second kappa shape index (κ2) is 4.96. The minimum absolute atomic E-state index is 0.446. The maximum absolute atomic E-state index is 11.8. The van der Waals surface area contributed by atoms with Gasteiger partial charge in [-0.1, -0.05) is 19.4 Å². The number of hydrogen-bond donors (Lipinski definition) is 0. The van der Waals surface area contributed by atoms with Crippen molar-refractivity contribution in [3.63, 3.8) is 0 Å². The Morgan fingerprint density at radius 1 is 1.27 bits per heavy atom. The fourth-order valence-electron chi connectivity index (χ4n) is 3.05. The quantitative estimate of drug-likeness (QED) is 0.670. The summed E-state index contributed by atoms with van der Waals surface area (Å²) in [7, 11) is 0. The van der Waals surface area contributed by atoms with Crippen LogP contribution in [0.3, 0.4) is 0 Å². The van der Waals surface area contributed by atoms with E-state index in [-0.39, 0.29) is 0 Å². The maximum Gasteiger partial charge on any atom is 0.158 e. The van der Waals surface area contributed by atoms with Gasteiger partial charge < -0.3 is 0 Å². The first-order valence-corrected chi connectivity index (χ1v) is 6.54. The molecule has 0 N–H and O–H groups in total. The summed E-state index contributed by atoms with van der Waals surface area (Å²) in [5.74, 6) is 1.99. The van der Waals surface area contributed by atoms with Gasteiger partial charge in [-0.2, -0.15) is 0 Å². The third kappa shape index (κ3) is 2.50. The maximum atomic E-state index is 11.8. The van der Waals surface area contributed by atoms with Crippen molar-refractivity contribution in [1.82, 2.24) is 0 Å². The largest absolute Gasteiger partial charge is 0.295 e. The van der Waals surface area contributed by atoms with Gasteiger partial charge in [-0.25, -0.2) is 0 Å². The highest BCUT2D eigenvalue weighted by atomic mass is 16.1. The van der Waals surface area contributed by atoms with Crippen molar-refractivity contribution >= 4 is 5.78 Å². The lowest BCUT2D eigenvalue weighted by Crippen LogP contribution is -2.21. The smallest absolute Gasteiger partial charge is 0.158 e. The Labute approximate surface area is 92.9 Å². The molecule has 1 heteroatoms. The van der Waals surface area contributed by atoms with E-state index in [4.69, 9.17) is 0 Å². The van der Waals surface area contributed by atoms with E-state index in [1.165, 1.54) is 37.7 Å². The number of carbonyl (C=O) groups excluding carboxylic acids is 1. The Bertz CT molecular complexity index is 257. The molecule has 0 aromatic carbocycles. The lowest BCUT2D eigenvalue weighted by molar-refractivity contribution is -0.116. The molecule has 0 aliphatic heterocycles. The lowest BCUT2D eigenvalue weighted by Gasteiger charge is -2.30. The molecule has 0 heterocycles. The van der Waals surface area contributed by atoms with Crippen molar-refractivity contribution in [3.8, 4) is 0 Å². The highest BCUT2D eigenvalue weighted by Crippen LogP contribution is 2.36. The van der Waals surface area contributed by atoms with Crippen molar-refractivity contribution in [1.29, 1.82) is 0 Å². The van der Waals surface area contributed by atoms with Gasteiger partial charge in [-0.3, -0.25) is 4.79 Å². The van der Waals surface area contributed by atoms with Crippen LogP contribution in [0.4, 0.5) is 0 Å². The Balaban J connectivity index is 1.95. The van der Waals surface area contributed by atoms with Crippen LogP contribution in [0.15, 0.2) is 11.6 Å². The fraction of sp³-hybridized carbons (Fsp3) is 0.786. The number of carbonyl (C=O) groups is 1. The first-order valence-electron chi connectivity index (χ1n) is 6.54. The number of hydrogen-bond acceptors (Lipinski definition) is 1. The molecule has 0 aromatic rings. The average Bonchev–Trinajstić information content (AvgIpc) is 2.30. The molecule has 1 saturated carbocycles. The summed E-state index contributed by atoms with van der Waals surface area (Å²) in [6, 6.07) is 0. The van der Waals surface area contributed by atoms with Crippen molar-refractivity contribution in [2.75, 3.05) is 0 Å². The second-order valence-electron chi connectivity index (χ2n) is 5.10. The van der Waals surface area contributed by atoms with Crippen molar-refractivity contribution < 1.29 is 4.79 Å². The van der Waals surface area contributed by atoms with E-state index in [9.17, 15) is 4.79 Å². The summed E-state index contributed by atoms with van der Waals surface area (Å²) < 4.78 is 0. The van der Waals surface area contributed by atoms with Gasteiger partial charge >= 0.3 is 0 Å². The van der Waals surface area contributed by atoms with Crippen LogP contribution >= 0.6 is 0 Å². The number of rotatable bonds is 2. The molecule has 0 spiro atoms. The highest BCUT2D eigenvalue weighted by molar-refractivity contribution is 5.96. The van der Waals surface area contributed by atoms with Crippen molar-refractivity contribution in [2.45, 2.75) is 58.3 Å². The van der Waals surface area contributed by atoms with Gasteiger partial charge in [0, 0.05) is 6.42 Å². The molecule has 2 aliphatic carbocycles. The zero-order chi connectivity index (χ0) is 10.7. The van der Waals surface area contributed by atoms with Crippen LogP contribution in [0, 0.1) is 11.8 Å². The molecule has 2 aliphatic rings. The molecular formula is C14H22O. The minimum atomic E-state index is 0.446. The monoisotopic (exact) mass is 206 g/mol. The lowest BCUT2D eigenvalue weighted by atomic mass is 9.75. The van der Waals surface area contributed by atoms with Gasteiger partial charge in [0.05, 0.1) is 0 Å². The number of Topliss-reactive ketones (excluding diaryl/α,β-unsaturated/α-hetero) is 1. The van der Waals surface area contributed by atoms with Crippen LogP contribution in [0.25, 0.3) is 0 Å². The molecule has 15 heavy (non-hydrogen) atoms. The molecule has 0 bridgehead atoms. The molecule has 0 saturated heterocycles. The van der Waals surface area contributed by atoms with E-state index in [1.807, 2.05) is 0 Å². The molecule has 0 amide bonds. The van der Waals surface area contributed by atoms with Gasteiger partial charge in [0.1, 0.15) is 0 Å². The summed E-state index contributed by atoms with van der Waals surface area (Å²) in [4.78, 5) is 11.8. The van der Waals surface area contributed by atoms with Crippen molar-refractivity contribution in [2.24, 2.45) is 11.8 Å². The molecular weight excluding hydrogens is 184 g/mol. The zero-order valence-corrected chi connectivity index (χ0v) is 9.80. The molecule has 0 atom stereocenters. The van der Waals surface area contributed by atoms with E-state index in [1.54, 1.807) is 0 Å². The van der Waals surface area contributed by atoms with Gasteiger partial charge in [0.2, 0.25) is 0 Å². The molecule has 2 rings (SSSR count). The van der Waals surface area contributed by atoms with Gasteiger partial charge in [0.15, 0.2) is 5.78 Å². The second-order valence-corrected chi connectivity index (χ2v) is 5.10. The first-order chi connectivity index (χ1) is 7.31. The summed E-state index contributed by atoms with van der Waals surface area (Å²) in [5, 5.41) is 0. The molecule has 1 fully saturated rings. The van der Waals surface area contributed by atoms with E-state index in [0.717, 1.165) is 25.2 Å². The average molecular weight is 206 g/mol. The molecule has 0 radical (unpaired) electrons. The summed E-state index contributed by atoms with van der Waals surface area (Å²) in [6.45, 7) is 2.29. The van der Waals surface area contributed by atoms with E-state index in [0.29, 0.717) is 11.7 Å². The number of ketones is 1. The van der Waals surface area contributed by atoms with Gasteiger partial charge in [0.25, 0.3) is 0 Å². The van der Waals surface area contributed by atoms with Crippen LogP contribution in [-0.2, 0) is 4.79 Å². The minimum Gasteiger partial charge on any atom is -0.295 e. The zero-order valence-electron chi connectivity index (χ0n) is 9.80. The molecule has 0 unspecified atom stereocenters. The van der Waals surface area contributed by atoms with Crippen LogP contribution in [0.1, 0.15) is 58.3 Å². The van der Waals surface area contributed by atoms with Crippen LogP contribution in [-0.4, -0.2) is 5.78 Å². The molecule has 0 aromatic heterocycles. The Kier molecular flexibility index (Phi) is 3.61. The summed E-state index contributed by atoms with van der Waals surface area (Å²) in [6.07, 6.45) is 11.8. The van der Waals surface area contributed by atoms with E-state index >= 15 is 0 Å². The number of allylic oxidation sites excluding steroid dienone is 2. The third-order valence-corrected chi connectivity index (χ3v) is 4.16. The SMILES string of the molecule is CC[C@H]1CC[C@H](C2=CCCCC2=O)CC1. The van der Waals surface area contributed by atoms with Crippen LogP contribution in [0.5, 0.6) is 0 Å². The Morgan fingerprint density at radius 2 is 2.00 bits per heavy atom. The van der Waals surface area contributed by atoms with Gasteiger partial charge in [-0.05, 0) is 55.9 Å².